The summed E-state index contributed by atoms with van der Waals surface area (Å²) in [5.41, 5.74) is 1.18. The van der Waals surface area contributed by atoms with Crippen LogP contribution in [0.4, 0.5) is 35.0 Å². The number of anilines is 3. The zero-order valence-electron chi connectivity index (χ0n) is 17.6. The number of aromatic nitrogens is 2. The molecule has 2 aromatic carbocycles. The van der Waals surface area contributed by atoms with Crippen LogP contribution < -0.4 is 15.4 Å². The maximum absolute atomic E-state index is 13.4. The Morgan fingerprint density at radius 3 is 2.48 bits per heavy atom. The molecule has 3 aromatic rings. The zero-order valence-corrected chi connectivity index (χ0v) is 19.2. The standard InChI is InChI=1S/C22H21BrF4N4O2/c1-12(2)19(11-32)30-21-29-18(13-4-3-5-15(8-13)33-22(25,26)27)10-20(31-21)28-17-7-6-14(24)9-16(17)23/h3-10,12,19,32H,11H2,1-2H3,(H2,28,29,30,31)/t19-/m0/s1. The third-order valence-corrected chi connectivity index (χ3v) is 5.26. The molecule has 3 N–H and O–H groups in total. The van der Waals surface area contributed by atoms with E-state index in [0.717, 1.165) is 0 Å². The lowest BCUT2D eigenvalue weighted by Gasteiger charge is -2.21. The smallest absolute Gasteiger partial charge is 0.406 e. The quantitative estimate of drug-likeness (QED) is 0.306. The Kier molecular flexibility index (Phi) is 7.75. The summed E-state index contributed by atoms with van der Waals surface area (Å²) in [7, 11) is 0. The van der Waals surface area contributed by atoms with E-state index in [-0.39, 0.29) is 30.3 Å². The molecule has 6 nitrogen and oxygen atoms in total. The van der Waals surface area contributed by atoms with Gasteiger partial charge in [0, 0.05) is 16.1 Å². The van der Waals surface area contributed by atoms with Crippen LogP contribution in [0.2, 0.25) is 0 Å². The number of rotatable bonds is 8. The molecule has 0 bridgehead atoms. The first-order valence-electron chi connectivity index (χ1n) is 9.89. The highest BCUT2D eigenvalue weighted by molar-refractivity contribution is 9.10. The number of hydrogen-bond acceptors (Lipinski definition) is 6. The number of aliphatic hydroxyl groups is 1. The van der Waals surface area contributed by atoms with Gasteiger partial charge in [-0.15, -0.1) is 13.2 Å². The number of aliphatic hydroxyl groups excluding tert-OH is 1. The molecular weight excluding hydrogens is 508 g/mol. The van der Waals surface area contributed by atoms with Gasteiger partial charge in [-0.05, 0) is 52.2 Å². The Morgan fingerprint density at radius 2 is 1.85 bits per heavy atom. The van der Waals surface area contributed by atoms with Crippen LogP contribution in [0.1, 0.15) is 13.8 Å². The van der Waals surface area contributed by atoms with Gasteiger partial charge in [-0.1, -0.05) is 26.0 Å². The first-order chi connectivity index (χ1) is 15.5. The first-order valence-corrected chi connectivity index (χ1v) is 10.7. The fourth-order valence-corrected chi connectivity index (χ4v) is 3.34. The summed E-state index contributed by atoms with van der Waals surface area (Å²) >= 11 is 3.28. The normalized spacial score (nSPS) is 12.5. The van der Waals surface area contributed by atoms with Gasteiger partial charge in [-0.3, -0.25) is 0 Å². The number of halogens is 5. The van der Waals surface area contributed by atoms with Crippen LogP contribution in [0.5, 0.6) is 5.75 Å². The fourth-order valence-electron chi connectivity index (χ4n) is 2.89. The minimum absolute atomic E-state index is 0.0495. The molecule has 0 radical (unpaired) electrons. The van der Waals surface area contributed by atoms with E-state index in [4.69, 9.17) is 0 Å². The van der Waals surface area contributed by atoms with Crippen molar-refractivity contribution < 1.29 is 27.4 Å². The van der Waals surface area contributed by atoms with Crippen LogP contribution in [0, 0.1) is 11.7 Å². The number of benzene rings is 2. The Hall–Kier alpha value is -2.92. The number of alkyl halides is 3. The van der Waals surface area contributed by atoms with Crippen LogP contribution in [0.3, 0.4) is 0 Å². The summed E-state index contributed by atoms with van der Waals surface area (Å²) in [6, 6.07) is 10.6. The lowest BCUT2D eigenvalue weighted by molar-refractivity contribution is -0.274. The average molecular weight is 529 g/mol. The summed E-state index contributed by atoms with van der Waals surface area (Å²) in [5.74, 6) is -0.310. The van der Waals surface area contributed by atoms with E-state index in [1.807, 2.05) is 13.8 Å². The van der Waals surface area contributed by atoms with Crippen LogP contribution in [0.15, 0.2) is 53.0 Å². The summed E-state index contributed by atoms with van der Waals surface area (Å²) < 4.78 is 55.8. The Bertz CT molecular complexity index is 1110. The van der Waals surface area contributed by atoms with Gasteiger partial charge in [0.2, 0.25) is 5.95 Å². The zero-order chi connectivity index (χ0) is 24.2. The van der Waals surface area contributed by atoms with Gasteiger partial charge < -0.3 is 20.5 Å². The summed E-state index contributed by atoms with van der Waals surface area (Å²) in [6.07, 6.45) is -4.83. The molecule has 1 heterocycles. The second-order valence-electron chi connectivity index (χ2n) is 7.46. The number of nitrogens with one attached hydrogen (secondary N) is 2. The molecular formula is C22H21BrF4N4O2. The maximum Gasteiger partial charge on any atom is 0.573 e. The highest BCUT2D eigenvalue weighted by Crippen LogP contribution is 2.31. The van der Waals surface area contributed by atoms with Gasteiger partial charge in [0.15, 0.2) is 0 Å². The summed E-state index contributed by atoms with van der Waals surface area (Å²) in [6.45, 7) is 3.64. The third-order valence-electron chi connectivity index (χ3n) is 4.60. The SMILES string of the molecule is CC(C)[C@H](CO)Nc1nc(Nc2ccc(F)cc2Br)cc(-c2cccc(OC(F)(F)F)c2)n1. The van der Waals surface area contributed by atoms with Gasteiger partial charge in [0.1, 0.15) is 17.4 Å². The monoisotopic (exact) mass is 528 g/mol. The van der Waals surface area contributed by atoms with Gasteiger partial charge in [0.25, 0.3) is 0 Å². The average Bonchev–Trinajstić information content (AvgIpc) is 2.72. The van der Waals surface area contributed by atoms with E-state index in [0.29, 0.717) is 27.2 Å². The topological polar surface area (TPSA) is 79.3 Å². The molecule has 11 heteroatoms. The number of hydrogen-bond donors (Lipinski definition) is 3. The Morgan fingerprint density at radius 1 is 1.09 bits per heavy atom. The van der Waals surface area contributed by atoms with Gasteiger partial charge >= 0.3 is 6.36 Å². The molecule has 33 heavy (non-hydrogen) atoms. The molecule has 0 aliphatic heterocycles. The molecule has 0 saturated heterocycles. The van der Waals surface area contributed by atoms with Crippen LogP contribution in [-0.4, -0.2) is 34.1 Å². The summed E-state index contributed by atoms with van der Waals surface area (Å²) in [4.78, 5) is 8.81. The molecule has 0 saturated carbocycles. The first kappa shape index (κ1) is 24.7. The predicted octanol–water partition coefficient (Wildman–Crippen LogP) is 6.12. The molecule has 0 fully saturated rings. The largest absolute Gasteiger partial charge is 0.573 e. The van der Waals surface area contributed by atoms with E-state index in [2.05, 4.69) is 41.3 Å². The second-order valence-corrected chi connectivity index (χ2v) is 8.32. The van der Waals surface area contributed by atoms with E-state index < -0.39 is 12.2 Å². The van der Waals surface area contributed by atoms with Crippen molar-refractivity contribution in [3.8, 4) is 17.0 Å². The van der Waals surface area contributed by atoms with E-state index in [1.54, 1.807) is 6.07 Å². The third kappa shape index (κ3) is 7.03. The van der Waals surface area contributed by atoms with Gasteiger partial charge in [-0.25, -0.2) is 9.37 Å². The maximum atomic E-state index is 13.4. The van der Waals surface area contributed by atoms with Crippen molar-refractivity contribution in [2.45, 2.75) is 26.3 Å². The van der Waals surface area contributed by atoms with Crippen molar-refractivity contribution in [3.05, 3.63) is 58.8 Å². The predicted molar refractivity (Wildman–Crippen MR) is 121 cm³/mol. The van der Waals surface area contributed by atoms with E-state index in [1.165, 1.54) is 42.5 Å². The molecule has 1 aromatic heterocycles. The Balaban J connectivity index is 2.02. The van der Waals surface area contributed by atoms with E-state index >= 15 is 0 Å². The molecule has 3 rings (SSSR count). The second kappa shape index (κ2) is 10.3. The minimum atomic E-state index is -4.83. The van der Waals surface area contributed by atoms with Crippen LogP contribution in [0.25, 0.3) is 11.3 Å². The van der Waals surface area contributed by atoms with Gasteiger partial charge in [0.05, 0.1) is 24.0 Å². The van der Waals surface area contributed by atoms with Crippen molar-refractivity contribution in [2.24, 2.45) is 5.92 Å². The lowest BCUT2D eigenvalue weighted by atomic mass is 10.1. The summed E-state index contributed by atoms with van der Waals surface area (Å²) in [5, 5.41) is 15.7. The lowest BCUT2D eigenvalue weighted by Crippen LogP contribution is -2.30. The molecule has 0 unspecified atom stereocenters. The number of ether oxygens (including phenoxy) is 1. The van der Waals surface area contributed by atoms with Crippen molar-refractivity contribution in [3.63, 3.8) is 0 Å². The van der Waals surface area contributed by atoms with Crippen LogP contribution >= 0.6 is 15.9 Å². The van der Waals surface area contributed by atoms with Gasteiger partial charge in [-0.2, -0.15) is 4.98 Å². The Labute approximate surface area is 196 Å². The highest BCUT2D eigenvalue weighted by Gasteiger charge is 2.31. The van der Waals surface area contributed by atoms with Crippen molar-refractivity contribution in [2.75, 3.05) is 17.2 Å². The van der Waals surface area contributed by atoms with Crippen molar-refractivity contribution >= 4 is 33.4 Å². The van der Waals surface area contributed by atoms with E-state index in [9.17, 15) is 22.7 Å². The number of nitrogens with zero attached hydrogens (tertiary/aromatic N) is 2. The molecule has 176 valence electrons. The molecule has 1 atom stereocenters. The molecule has 0 aliphatic carbocycles. The molecule has 0 aliphatic rings. The minimum Gasteiger partial charge on any atom is -0.406 e. The molecule has 0 spiro atoms. The van der Waals surface area contributed by atoms with Crippen molar-refractivity contribution in [1.29, 1.82) is 0 Å². The van der Waals surface area contributed by atoms with Crippen molar-refractivity contribution in [1.82, 2.24) is 9.97 Å². The van der Waals surface area contributed by atoms with Crippen LogP contribution in [-0.2, 0) is 0 Å². The molecule has 0 amide bonds. The highest BCUT2D eigenvalue weighted by atomic mass is 79.9. The fraction of sp³-hybridized carbons (Fsp3) is 0.273.